The van der Waals surface area contributed by atoms with E-state index in [2.05, 4.69) is 5.32 Å². The number of hydrogen-bond donors (Lipinski definition) is 1. The number of methoxy groups -OCH3 is 2. The van der Waals surface area contributed by atoms with Crippen molar-refractivity contribution in [2.75, 3.05) is 21.0 Å². The molecule has 0 fully saturated rings. The van der Waals surface area contributed by atoms with Gasteiger partial charge in [-0.3, -0.25) is 4.79 Å². The first kappa shape index (κ1) is 23.4. The average molecular weight is 486 g/mol. The maximum atomic E-state index is 12.8. The van der Waals surface area contributed by atoms with Crippen molar-refractivity contribution in [2.45, 2.75) is 20.4 Å². The summed E-state index contributed by atoms with van der Waals surface area (Å²) in [7, 11) is 3.27. The van der Waals surface area contributed by atoms with Crippen LogP contribution in [0.5, 0.6) is 23.0 Å². The first-order valence-electron chi connectivity index (χ1n) is 11.6. The molecule has 1 amide bonds. The molecule has 0 unspecified atom stereocenters. The van der Waals surface area contributed by atoms with Gasteiger partial charge in [0, 0.05) is 34.7 Å². The summed E-state index contributed by atoms with van der Waals surface area (Å²) in [5, 5.41) is 3.89. The zero-order valence-electron chi connectivity index (χ0n) is 20.6. The van der Waals surface area contributed by atoms with Gasteiger partial charge in [0.15, 0.2) is 11.5 Å². The Morgan fingerprint density at radius 2 is 1.81 bits per heavy atom. The molecule has 0 radical (unpaired) electrons. The Morgan fingerprint density at radius 3 is 2.56 bits per heavy atom. The van der Waals surface area contributed by atoms with Gasteiger partial charge in [0.05, 0.1) is 20.5 Å². The van der Waals surface area contributed by atoms with Gasteiger partial charge in [-0.05, 0) is 60.9 Å². The number of furan rings is 1. The van der Waals surface area contributed by atoms with Crippen LogP contribution in [0.1, 0.15) is 23.6 Å². The third-order valence-electron chi connectivity index (χ3n) is 6.33. The van der Waals surface area contributed by atoms with Crippen molar-refractivity contribution in [2.24, 2.45) is 0 Å². The molecule has 5 rings (SSSR count). The topological polar surface area (TPSA) is 79.2 Å². The Labute approximate surface area is 209 Å². The minimum Gasteiger partial charge on any atom is -0.497 e. The first-order valence-corrected chi connectivity index (χ1v) is 11.6. The fourth-order valence-electron chi connectivity index (χ4n) is 4.43. The molecule has 4 aromatic rings. The van der Waals surface area contributed by atoms with Crippen LogP contribution in [0.15, 0.2) is 65.3 Å². The monoisotopic (exact) mass is 485 g/mol. The van der Waals surface area contributed by atoms with Gasteiger partial charge >= 0.3 is 0 Å². The predicted octanol–water partition coefficient (Wildman–Crippen LogP) is 5.87. The predicted molar refractivity (Wildman–Crippen MR) is 138 cm³/mol. The van der Waals surface area contributed by atoms with Crippen LogP contribution in [-0.4, -0.2) is 26.9 Å². The van der Waals surface area contributed by atoms with Crippen LogP contribution in [0.2, 0.25) is 0 Å². The van der Waals surface area contributed by atoms with Crippen LogP contribution < -0.4 is 24.3 Å². The van der Waals surface area contributed by atoms with E-state index < -0.39 is 0 Å². The number of ether oxygens (including phenoxy) is 4. The summed E-state index contributed by atoms with van der Waals surface area (Å²) in [6.45, 7) is 4.45. The Balaban J connectivity index is 1.43. The molecule has 7 heteroatoms. The second-order valence-corrected chi connectivity index (χ2v) is 8.57. The lowest BCUT2D eigenvalue weighted by Gasteiger charge is -2.13. The second-order valence-electron chi connectivity index (χ2n) is 8.57. The lowest BCUT2D eigenvalue weighted by molar-refractivity contribution is -0.116. The number of carbonyl (C=O) groups is 1. The van der Waals surface area contributed by atoms with Crippen molar-refractivity contribution >= 4 is 22.4 Å². The number of aryl methyl sites for hydroxylation is 1. The van der Waals surface area contributed by atoms with Crippen LogP contribution in [0.3, 0.4) is 0 Å². The summed E-state index contributed by atoms with van der Waals surface area (Å²) in [5.41, 5.74) is 6.13. The summed E-state index contributed by atoms with van der Waals surface area (Å²) in [5.74, 6) is 2.67. The number of benzene rings is 3. The highest BCUT2D eigenvalue weighted by Crippen LogP contribution is 2.41. The van der Waals surface area contributed by atoms with Crippen molar-refractivity contribution < 1.29 is 28.2 Å². The van der Waals surface area contributed by atoms with E-state index in [0.717, 1.165) is 50.1 Å². The highest BCUT2D eigenvalue weighted by atomic mass is 16.7. The van der Waals surface area contributed by atoms with Crippen molar-refractivity contribution in [3.63, 3.8) is 0 Å². The maximum Gasteiger partial charge on any atom is 0.244 e. The maximum absolute atomic E-state index is 12.8. The standard InChI is InChI=1S/C29H27NO6/c1-17(11-27(31)30-14-19-5-10-25-26(12-19)36-16-35-25)22-13-23-24(20-6-8-21(32-3)9-7-20)15-34-29(23)18(2)28(22)33-4/h5-13,15H,14,16H2,1-4H3,(H,30,31)/b17-11+. The van der Waals surface area contributed by atoms with Gasteiger partial charge in [0.2, 0.25) is 12.7 Å². The van der Waals surface area contributed by atoms with E-state index in [4.69, 9.17) is 23.4 Å². The molecule has 0 bridgehead atoms. The van der Waals surface area contributed by atoms with Gasteiger partial charge in [0.1, 0.15) is 17.1 Å². The molecule has 2 heterocycles. The summed E-state index contributed by atoms with van der Waals surface area (Å²) < 4.78 is 27.7. The van der Waals surface area contributed by atoms with Crippen molar-refractivity contribution in [1.82, 2.24) is 5.32 Å². The lowest BCUT2D eigenvalue weighted by Crippen LogP contribution is -2.20. The number of fused-ring (bicyclic) bond motifs is 2. The van der Waals surface area contributed by atoms with E-state index in [1.807, 2.05) is 62.4 Å². The Kier molecular flexibility index (Phi) is 6.29. The molecule has 0 saturated carbocycles. The van der Waals surface area contributed by atoms with Gasteiger partial charge < -0.3 is 28.7 Å². The fourth-order valence-corrected chi connectivity index (χ4v) is 4.43. The van der Waals surface area contributed by atoms with Gasteiger partial charge in [-0.15, -0.1) is 0 Å². The van der Waals surface area contributed by atoms with E-state index >= 15 is 0 Å². The second kappa shape index (κ2) is 9.70. The fraction of sp³-hybridized carbons (Fsp3) is 0.207. The van der Waals surface area contributed by atoms with Crippen LogP contribution in [-0.2, 0) is 11.3 Å². The molecular formula is C29H27NO6. The molecule has 1 aliphatic heterocycles. The third kappa shape index (κ3) is 4.35. The summed E-state index contributed by atoms with van der Waals surface area (Å²) in [6.07, 6.45) is 3.34. The van der Waals surface area contributed by atoms with Gasteiger partial charge in [-0.1, -0.05) is 18.2 Å². The summed E-state index contributed by atoms with van der Waals surface area (Å²) in [6, 6.07) is 15.5. The zero-order valence-corrected chi connectivity index (χ0v) is 20.6. The number of hydrogen-bond acceptors (Lipinski definition) is 6. The van der Waals surface area contributed by atoms with E-state index in [9.17, 15) is 4.79 Å². The Morgan fingerprint density at radius 1 is 1.03 bits per heavy atom. The van der Waals surface area contributed by atoms with Crippen LogP contribution in [0.4, 0.5) is 0 Å². The zero-order chi connectivity index (χ0) is 25.2. The number of rotatable bonds is 7. The minimum atomic E-state index is -0.201. The number of nitrogens with one attached hydrogen (secondary N) is 1. The molecule has 1 aliphatic rings. The summed E-state index contributed by atoms with van der Waals surface area (Å²) in [4.78, 5) is 12.8. The lowest BCUT2D eigenvalue weighted by atomic mass is 9.96. The van der Waals surface area contributed by atoms with Crippen molar-refractivity contribution in [3.05, 3.63) is 77.6 Å². The smallest absolute Gasteiger partial charge is 0.244 e. The van der Waals surface area contributed by atoms with Gasteiger partial charge in [0.25, 0.3) is 0 Å². The molecule has 3 aromatic carbocycles. The van der Waals surface area contributed by atoms with Crippen molar-refractivity contribution in [1.29, 1.82) is 0 Å². The summed E-state index contributed by atoms with van der Waals surface area (Å²) >= 11 is 0. The quantitative estimate of drug-likeness (QED) is 0.330. The molecule has 0 saturated heterocycles. The average Bonchev–Trinajstić information content (AvgIpc) is 3.54. The van der Waals surface area contributed by atoms with Crippen LogP contribution >= 0.6 is 0 Å². The Hall–Kier alpha value is -4.39. The third-order valence-corrected chi connectivity index (χ3v) is 6.33. The molecule has 1 aromatic heterocycles. The Bertz CT molecular complexity index is 1470. The van der Waals surface area contributed by atoms with Crippen LogP contribution in [0, 0.1) is 6.92 Å². The normalized spacial score (nSPS) is 12.6. The van der Waals surface area contributed by atoms with Gasteiger partial charge in [-0.25, -0.2) is 0 Å². The highest BCUT2D eigenvalue weighted by Gasteiger charge is 2.19. The molecule has 0 atom stereocenters. The van der Waals surface area contributed by atoms with E-state index in [1.54, 1.807) is 26.6 Å². The molecule has 36 heavy (non-hydrogen) atoms. The SMILES string of the molecule is COc1ccc(-c2coc3c(C)c(OC)c(/C(C)=C/C(=O)NCc4ccc5c(c4)OCO5)cc23)cc1. The van der Waals surface area contributed by atoms with E-state index in [0.29, 0.717) is 23.8 Å². The molecule has 184 valence electrons. The molecule has 0 aliphatic carbocycles. The molecule has 1 N–H and O–H groups in total. The molecule has 0 spiro atoms. The van der Waals surface area contributed by atoms with Crippen LogP contribution in [0.25, 0.3) is 27.7 Å². The van der Waals surface area contributed by atoms with Gasteiger partial charge in [-0.2, -0.15) is 0 Å². The van der Waals surface area contributed by atoms with E-state index in [1.165, 1.54) is 0 Å². The number of amides is 1. The van der Waals surface area contributed by atoms with E-state index in [-0.39, 0.29) is 12.7 Å². The molecule has 7 nitrogen and oxygen atoms in total. The van der Waals surface area contributed by atoms with Crippen molar-refractivity contribution in [3.8, 4) is 34.1 Å². The minimum absolute atomic E-state index is 0.201. The molecular weight excluding hydrogens is 458 g/mol. The number of allylic oxidation sites excluding steroid dienone is 1. The number of carbonyl (C=O) groups excluding carboxylic acids is 1. The first-order chi connectivity index (χ1) is 17.5. The largest absolute Gasteiger partial charge is 0.497 e. The highest BCUT2D eigenvalue weighted by molar-refractivity contribution is 6.01.